The van der Waals surface area contributed by atoms with Gasteiger partial charge in [0.15, 0.2) is 0 Å². The van der Waals surface area contributed by atoms with Crippen molar-refractivity contribution < 1.29 is 4.79 Å². The van der Waals surface area contributed by atoms with E-state index in [1.165, 1.54) is 0 Å². The van der Waals surface area contributed by atoms with Crippen LogP contribution in [0.2, 0.25) is 0 Å². The molecule has 0 aliphatic rings. The summed E-state index contributed by atoms with van der Waals surface area (Å²) in [5.41, 5.74) is 8.23. The third kappa shape index (κ3) is 2.42. The number of hydrogen-bond donors (Lipinski definition) is 3. The number of benzene rings is 1. The van der Waals surface area contributed by atoms with Crippen molar-refractivity contribution in [1.82, 2.24) is 10.2 Å². The standard InChI is InChI=1S/C12H15N5O/c1-17(2)11-4-3-8(13)5-10(11)12(18)16-9-6-14-15-7-9/h3-7H,13H2,1-2H3,(H,14,15)(H,16,18). The van der Waals surface area contributed by atoms with Gasteiger partial charge in [-0.15, -0.1) is 0 Å². The van der Waals surface area contributed by atoms with Gasteiger partial charge < -0.3 is 16.0 Å². The van der Waals surface area contributed by atoms with Crippen molar-refractivity contribution in [2.45, 2.75) is 0 Å². The average Bonchev–Trinajstić information content (AvgIpc) is 2.81. The third-order valence-corrected chi connectivity index (χ3v) is 2.50. The summed E-state index contributed by atoms with van der Waals surface area (Å²) in [6.45, 7) is 0. The SMILES string of the molecule is CN(C)c1ccc(N)cc1C(=O)Nc1cn[nH]c1. The molecule has 0 unspecified atom stereocenters. The molecule has 1 aromatic heterocycles. The zero-order chi connectivity index (χ0) is 13.1. The fraction of sp³-hybridized carbons (Fsp3) is 0.167. The highest BCUT2D eigenvalue weighted by atomic mass is 16.1. The van der Waals surface area contributed by atoms with Gasteiger partial charge in [-0.2, -0.15) is 5.10 Å². The Labute approximate surface area is 105 Å². The smallest absolute Gasteiger partial charge is 0.257 e. The predicted molar refractivity (Wildman–Crippen MR) is 71.7 cm³/mol. The normalized spacial score (nSPS) is 10.1. The quantitative estimate of drug-likeness (QED) is 0.711. The number of hydrogen-bond acceptors (Lipinski definition) is 4. The van der Waals surface area contributed by atoms with E-state index in [9.17, 15) is 4.79 Å². The van der Waals surface area contributed by atoms with Crippen molar-refractivity contribution >= 4 is 23.0 Å². The molecule has 0 atom stereocenters. The Kier molecular flexibility index (Phi) is 3.18. The molecule has 18 heavy (non-hydrogen) atoms. The van der Waals surface area contributed by atoms with Gasteiger partial charge in [0.05, 0.1) is 17.4 Å². The number of nitrogens with zero attached hydrogens (tertiary/aromatic N) is 2. The molecule has 1 amide bonds. The topological polar surface area (TPSA) is 87.0 Å². The first-order valence-corrected chi connectivity index (χ1v) is 5.45. The number of aromatic amines is 1. The molecular formula is C12H15N5O. The van der Waals surface area contributed by atoms with Crippen LogP contribution in [0.5, 0.6) is 0 Å². The fourth-order valence-corrected chi connectivity index (χ4v) is 1.64. The van der Waals surface area contributed by atoms with Gasteiger partial charge >= 0.3 is 0 Å². The third-order valence-electron chi connectivity index (χ3n) is 2.50. The molecule has 2 rings (SSSR count). The monoisotopic (exact) mass is 245 g/mol. The molecule has 0 aliphatic heterocycles. The Hall–Kier alpha value is -2.50. The van der Waals surface area contributed by atoms with E-state index >= 15 is 0 Å². The molecule has 0 fully saturated rings. The minimum atomic E-state index is -0.215. The first kappa shape index (κ1) is 12.0. The summed E-state index contributed by atoms with van der Waals surface area (Å²) in [5.74, 6) is -0.215. The van der Waals surface area contributed by atoms with Gasteiger partial charge in [-0.25, -0.2) is 0 Å². The minimum absolute atomic E-state index is 0.215. The number of amides is 1. The van der Waals surface area contributed by atoms with Gasteiger partial charge in [-0.1, -0.05) is 0 Å². The predicted octanol–water partition coefficient (Wildman–Crippen LogP) is 1.31. The minimum Gasteiger partial charge on any atom is -0.399 e. The molecular weight excluding hydrogens is 230 g/mol. The molecule has 0 radical (unpaired) electrons. The van der Waals surface area contributed by atoms with Crippen LogP contribution in [0.3, 0.4) is 0 Å². The molecule has 0 saturated carbocycles. The Bertz CT molecular complexity index is 548. The highest BCUT2D eigenvalue weighted by Gasteiger charge is 2.13. The number of nitrogen functional groups attached to an aromatic ring is 1. The molecule has 0 saturated heterocycles. The Balaban J connectivity index is 2.31. The maximum absolute atomic E-state index is 12.2. The van der Waals surface area contributed by atoms with Gasteiger partial charge in [0.1, 0.15) is 0 Å². The summed E-state index contributed by atoms with van der Waals surface area (Å²) < 4.78 is 0. The molecule has 1 aromatic carbocycles. The maximum Gasteiger partial charge on any atom is 0.257 e. The Morgan fingerprint density at radius 2 is 2.22 bits per heavy atom. The molecule has 0 spiro atoms. The van der Waals surface area contributed by atoms with Gasteiger partial charge in [-0.05, 0) is 18.2 Å². The van der Waals surface area contributed by atoms with Crippen molar-refractivity contribution in [1.29, 1.82) is 0 Å². The second-order valence-electron chi connectivity index (χ2n) is 4.11. The molecule has 2 aromatic rings. The number of aromatic nitrogens is 2. The van der Waals surface area contributed by atoms with Crippen molar-refractivity contribution in [3.05, 3.63) is 36.2 Å². The van der Waals surface area contributed by atoms with Crippen molar-refractivity contribution in [3.63, 3.8) is 0 Å². The molecule has 0 aliphatic carbocycles. The van der Waals surface area contributed by atoms with Crippen LogP contribution in [0.15, 0.2) is 30.6 Å². The number of rotatable bonds is 3. The van der Waals surface area contributed by atoms with Crippen LogP contribution < -0.4 is 16.0 Å². The summed E-state index contributed by atoms with van der Waals surface area (Å²) in [7, 11) is 3.75. The molecule has 0 bridgehead atoms. The second kappa shape index (κ2) is 4.79. The Morgan fingerprint density at radius 3 is 2.83 bits per heavy atom. The highest BCUT2D eigenvalue weighted by molar-refractivity contribution is 6.08. The number of H-pyrrole nitrogens is 1. The maximum atomic E-state index is 12.2. The summed E-state index contributed by atoms with van der Waals surface area (Å²) in [4.78, 5) is 14.0. The van der Waals surface area contributed by atoms with Crippen LogP contribution in [0, 0.1) is 0 Å². The molecule has 94 valence electrons. The van der Waals surface area contributed by atoms with Crippen LogP contribution in [0.1, 0.15) is 10.4 Å². The zero-order valence-electron chi connectivity index (χ0n) is 10.3. The van der Waals surface area contributed by atoms with E-state index in [0.29, 0.717) is 16.9 Å². The van der Waals surface area contributed by atoms with E-state index in [-0.39, 0.29) is 5.91 Å². The lowest BCUT2D eigenvalue weighted by Crippen LogP contribution is -2.18. The van der Waals surface area contributed by atoms with Gasteiger partial charge in [0, 0.05) is 31.7 Å². The van der Waals surface area contributed by atoms with Gasteiger partial charge in [-0.3, -0.25) is 9.89 Å². The van der Waals surface area contributed by atoms with Crippen LogP contribution in [0.25, 0.3) is 0 Å². The van der Waals surface area contributed by atoms with Gasteiger partial charge in [0.2, 0.25) is 0 Å². The molecule has 4 N–H and O–H groups in total. The van der Waals surface area contributed by atoms with E-state index in [2.05, 4.69) is 15.5 Å². The summed E-state index contributed by atoms with van der Waals surface area (Å²) in [6, 6.07) is 5.24. The lowest BCUT2D eigenvalue weighted by Gasteiger charge is -2.17. The molecule has 6 nitrogen and oxygen atoms in total. The van der Waals surface area contributed by atoms with Gasteiger partial charge in [0.25, 0.3) is 5.91 Å². The van der Waals surface area contributed by atoms with Crippen LogP contribution in [0.4, 0.5) is 17.1 Å². The number of anilines is 3. The number of nitrogens with one attached hydrogen (secondary N) is 2. The molecule has 6 heteroatoms. The van der Waals surface area contributed by atoms with Crippen LogP contribution >= 0.6 is 0 Å². The largest absolute Gasteiger partial charge is 0.399 e. The molecule has 1 heterocycles. The lowest BCUT2D eigenvalue weighted by atomic mass is 10.1. The van der Waals surface area contributed by atoms with Crippen LogP contribution in [-0.4, -0.2) is 30.2 Å². The van der Waals surface area contributed by atoms with E-state index in [0.717, 1.165) is 5.69 Å². The summed E-state index contributed by atoms with van der Waals surface area (Å²) in [6.07, 6.45) is 3.15. The average molecular weight is 245 g/mol. The van der Waals surface area contributed by atoms with Crippen molar-refractivity contribution in [2.75, 3.05) is 30.0 Å². The highest BCUT2D eigenvalue weighted by Crippen LogP contribution is 2.22. The summed E-state index contributed by atoms with van der Waals surface area (Å²) in [5, 5.41) is 9.15. The van der Waals surface area contributed by atoms with E-state index in [1.807, 2.05) is 25.1 Å². The Morgan fingerprint density at radius 1 is 1.44 bits per heavy atom. The number of carbonyl (C=O) groups is 1. The first-order valence-electron chi connectivity index (χ1n) is 5.45. The van der Waals surface area contributed by atoms with Crippen molar-refractivity contribution in [2.24, 2.45) is 0 Å². The van der Waals surface area contributed by atoms with E-state index in [1.54, 1.807) is 24.5 Å². The van der Waals surface area contributed by atoms with E-state index in [4.69, 9.17) is 5.73 Å². The van der Waals surface area contributed by atoms with E-state index < -0.39 is 0 Å². The summed E-state index contributed by atoms with van der Waals surface area (Å²) >= 11 is 0. The number of nitrogens with two attached hydrogens (primary N) is 1. The fourth-order valence-electron chi connectivity index (χ4n) is 1.64. The lowest BCUT2D eigenvalue weighted by molar-refractivity contribution is 0.102. The van der Waals surface area contributed by atoms with Crippen LogP contribution in [-0.2, 0) is 0 Å². The number of carbonyl (C=O) groups excluding carboxylic acids is 1. The second-order valence-corrected chi connectivity index (χ2v) is 4.11. The first-order chi connectivity index (χ1) is 8.58. The van der Waals surface area contributed by atoms with Crippen molar-refractivity contribution in [3.8, 4) is 0 Å². The zero-order valence-corrected chi connectivity index (χ0v) is 10.3.